The Labute approximate surface area is 181 Å². The summed E-state index contributed by atoms with van der Waals surface area (Å²) in [5, 5.41) is 1.05. The van der Waals surface area contributed by atoms with Gasteiger partial charge in [0.1, 0.15) is 11.6 Å². The monoisotopic (exact) mass is 433 g/mol. The van der Waals surface area contributed by atoms with Gasteiger partial charge in [0.05, 0.1) is 16.9 Å². The first-order chi connectivity index (χ1) is 15.4. The van der Waals surface area contributed by atoms with Crippen molar-refractivity contribution in [2.45, 2.75) is 19.5 Å². The highest BCUT2D eigenvalue weighted by Gasteiger charge is 2.45. The van der Waals surface area contributed by atoms with Crippen LogP contribution in [-0.4, -0.2) is 22.3 Å². The van der Waals surface area contributed by atoms with Gasteiger partial charge in [-0.25, -0.2) is 13.2 Å². The zero-order chi connectivity index (χ0) is 22.1. The maximum Gasteiger partial charge on any atom is 0.258 e. The number of carbonyl (C=O) groups excluding carboxylic acids is 1. The molecule has 3 heterocycles. The summed E-state index contributed by atoms with van der Waals surface area (Å²) in [5.74, 6) is -2.63. The molecule has 1 atom stereocenters. The van der Waals surface area contributed by atoms with Crippen LogP contribution in [0.5, 0.6) is 0 Å². The number of hydrogen-bond donors (Lipinski definition) is 1. The summed E-state index contributed by atoms with van der Waals surface area (Å²) in [6.07, 6.45) is -0.112. The molecule has 2 aliphatic heterocycles. The van der Waals surface area contributed by atoms with E-state index in [-0.39, 0.29) is 11.3 Å². The van der Waals surface area contributed by atoms with E-state index in [0.29, 0.717) is 18.7 Å². The minimum Gasteiger partial charge on any atom is -0.355 e. The SMILES string of the molecule is Cc1ccc2[nH]c3c(c2c1)CCN1C(=O)c2cc(F)cc(F)c2N(c2cccc(F)c2)C31. The highest BCUT2D eigenvalue weighted by atomic mass is 19.1. The number of fused-ring (bicyclic) bond motifs is 6. The van der Waals surface area contributed by atoms with E-state index in [2.05, 4.69) is 11.1 Å². The molecule has 1 amide bonds. The third-order valence-corrected chi connectivity index (χ3v) is 6.34. The van der Waals surface area contributed by atoms with Gasteiger partial charge in [-0.3, -0.25) is 4.79 Å². The van der Waals surface area contributed by atoms with Crippen molar-refractivity contribution < 1.29 is 18.0 Å². The third-order valence-electron chi connectivity index (χ3n) is 6.34. The molecular formula is C25H18F3N3O. The summed E-state index contributed by atoms with van der Waals surface area (Å²) in [4.78, 5) is 20.0. The van der Waals surface area contributed by atoms with Crippen LogP contribution in [-0.2, 0) is 6.42 Å². The lowest BCUT2D eigenvalue weighted by molar-refractivity contribution is 0.0639. The van der Waals surface area contributed by atoms with Gasteiger partial charge in [-0.2, -0.15) is 0 Å². The number of nitrogens with zero attached hydrogens (tertiary/aromatic N) is 2. The average Bonchev–Trinajstić information content (AvgIpc) is 3.12. The maximum absolute atomic E-state index is 15.2. The van der Waals surface area contributed by atoms with Crippen LogP contribution in [0, 0.1) is 24.4 Å². The highest BCUT2D eigenvalue weighted by molar-refractivity contribution is 6.04. The van der Waals surface area contributed by atoms with Gasteiger partial charge in [0.25, 0.3) is 5.91 Å². The van der Waals surface area contributed by atoms with Crippen LogP contribution >= 0.6 is 0 Å². The molecule has 4 aromatic rings. The molecule has 1 aromatic heterocycles. The van der Waals surface area contributed by atoms with Crippen LogP contribution in [0.15, 0.2) is 54.6 Å². The van der Waals surface area contributed by atoms with Gasteiger partial charge in [-0.15, -0.1) is 0 Å². The average molecular weight is 433 g/mol. The molecule has 2 aliphatic rings. The Balaban J connectivity index is 1.67. The topological polar surface area (TPSA) is 39.3 Å². The highest BCUT2D eigenvalue weighted by Crippen LogP contribution is 2.48. The van der Waals surface area contributed by atoms with Gasteiger partial charge in [-0.05, 0) is 55.3 Å². The van der Waals surface area contributed by atoms with Gasteiger partial charge in [0, 0.05) is 29.2 Å². The molecule has 1 unspecified atom stereocenters. The first kappa shape index (κ1) is 19.0. The Bertz CT molecular complexity index is 1430. The molecule has 3 aromatic carbocycles. The van der Waals surface area contributed by atoms with Gasteiger partial charge < -0.3 is 14.8 Å². The van der Waals surface area contributed by atoms with E-state index in [0.717, 1.165) is 39.9 Å². The fourth-order valence-electron chi connectivity index (χ4n) is 5.01. The molecule has 0 aliphatic carbocycles. The zero-order valence-corrected chi connectivity index (χ0v) is 17.1. The number of aromatic nitrogens is 1. The fourth-order valence-corrected chi connectivity index (χ4v) is 5.01. The minimum atomic E-state index is -0.864. The number of carbonyl (C=O) groups is 1. The van der Waals surface area contributed by atoms with Crippen LogP contribution in [0.3, 0.4) is 0 Å². The fraction of sp³-hybridized carbons (Fsp3) is 0.160. The largest absolute Gasteiger partial charge is 0.355 e. The van der Waals surface area contributed by atoms with E-state index in [1.54, 1.807) is 15.9 Å². The Morgan fingerprint density at radius 3 is 2.66 bits per heavy atom. The Morgan fingerprint density at radius 2 is 1.84 bits per heavy atom. The van der Waals surface area contributed by atoms with Crippen molar-refractivity contribution in [2.75, 3.05) is 11.4 Å². The molecule has 6 rings (SSSR count). The number of nitrogens with one attached hydrogen (secondary N) is 1. The van der Waals surface area contributed by atoms with E-state index in [1.807, 2.05) is 19.1 Å². The van der Waals surface area contributed by atoms with Crippen LogP contribution in [0.2, 0.25) is 0 Å². The molecule has 0 saturated carbocycles. The van der Waals surface area contributed by atoms with Gasteiger partial charge in [0.2, 0.25) is 0 Å². The quantitative estimate of drug-likeness (QED) is 0.416. The van der Waals surface area contributed by atoms with Crippen molar-refractivity contribution in [1.82, 2.24) is 9.88 Å². The van der Waals surface area contributed by atoms with Gasteiger partial charge in [0.15, 0.2) is 12.0 Å². The number of rotatable bonds is 1. The molecule has 0 radical (unpaired) electrons. The standard InChI is InChI=1S/C25H18F3N3O/c1-13-5-6-21-18(9-13)17-7-8-30-24(22(17)29-21)31(16-4-2-3-14(26)10-16)23-19(25(30)32)11-15(27)12-20(23)28/h2-6,9-12,24,29H,7-8H2,1H3. The smallest absolute Gasteiger partial charge is 0.258 e. The Kier molecular flexibility index (Phi) is 3.93. The number of aromatic amines is 1. The zero-order valence-electron chi connectivity index (χ0n) is 17.1. The van der Waals surface area contributed by atoms with Crippen molar-refractivity contribution in [3.63, 3.8) is 0 Å². The predicted molar refractivity (Wildman–Crippen MR) is 115 cm³/mol. The second kappa shape index (κ2) is 6.63. The molecule has 160 valence electrons. The van der Waals surface area contributed by atoms with E-state index in [9.17, 15) is 13.6 Å². The maximum atomic E-state index is 15.2. The van der Waals surface area contributed by atoms with E-state index in [4.69, 9.17) is 0 Å². The second-order valence-electron chi connectivity index (χ2n) is 8.32. The molecular weight excluding hydrogens is 415 g/mol. The van der Waals surface area contributed by atoms with Crippen molar-refractivity contribution in [3.05, 3.63) is 94.4 Å². The lowest BCUT2D eigenvalue weighted by atomic mass is 9.94. The lowest BCUT2D eigenvalue weighted by Gasteiger charge is -2.47. The molecule has 0 fully saturated rings. The van der Waals surface area contributed by atoms with Crippen LogP contribution in [0.4, 0.5) is 24.5 Å². The van der Waals surface area contributed by atoms with Crippen LogP contribution in [0.25, 0.3) is 10.9 Å². The minimum absolute atomic E-state index is 0.0501. The van der Waals surface area contributed by atoms with E-state index < -0.39 is 29.5 Å². The van der Waals surface area contributed by atoms with Crippen molar-refractivity contribution >= 4 is 28.2 Å². The number of aryl methyl sites for hydroxylation is 1. The first-order valence-electron chi connectivity index (χ1n) is 10.4. The number of anilines is 2. The van der Waals surface area contributed by atoms with Crippen LogP contribution < -0.4 is 4.90 Å². The number of H-pyrrole nitrogens is 1. The number of halogens is 3. The Morgan fingerprint density at radius 1 is 1.00 bits per heavy atom. The first-order valence-corrected chi connectivity index (χ1v) is 10.4. The third kappa shape index (κ3) is 2.60. The lowest BCUT2D eigenvalue weighted by Crippen LogP contribution is -2.51. The summed E-state index contributed by atoms with van der Waals surface area (Å²) in [7, 11) is 0. The molecule has 32 heavy (non-hydrogen) atoms. The number of hydrogen-bond acceptors (Lipinski definition) is 2. The van der Waals surface area contributed by atoms with Crippen molar-refractivity contribution in [2.24, 2.45) is 0 Å². The molecule has 4 nitrogen and oxygen atoms in total. The van der Waals surface area contributed by atoms with Gasteiger partial charge >= 0.3 is 0 Å². The summed E-state index contributed by atoms with van der Waals surface area (Å²) in [5.41, 5.74) is 4.08. The van der Waals surface area contributed by atoms with Gasteiger partial charge in [-0.1, -0.05) is 17.7 Å². The molecule has 1 N–H and O–H groups in total. The second-order valence-corrected chi connectivity index (χ2v) is 8.32. The number of amides is 1. The normalized spacial score (nSPS) is 17.4. The van der Waals surface area contributed by atoms with E-state index >= 15 is 4.39 Å². The summed E-state index contributed by atoms with van der Waals surface area (Å²) < 4.78 is 43.4. The molecule has 0 spiro atoms. The summed E-state index contributed by atoms with van der Waals surface area (Å²) in [6.45, 7) is 2.39. The predicted octanol–water partition coefficient (Wildman–Crippen LogP) is 5.74. The number of benzene rings is 3. The van der Waals surface area contributed by atoms with Crippen molar-refractivity contribution in [1.29, 1.82) is 0 Å². The summed E-state index contributed by atoms with van der Waals surface area (Å²) in [6, 6.07) is 13.7. The van der Waals surface area contributed by atoms with E-state index in [1.165, 1.54) is 18.2 Å². The molecule has 0 bridgehead atoms. The molecule has 0 saturated heterocycles. The Hall–Kier alpha value is -3.74. The van der Waals surface area contributed by atoms with Crippen LogP contribution in [0.1, 0.15) is 33.3 Å². The summed E-state index contributed by atoms with van der Waals surface area (Å²) >= 11 is 0. The van der Waals surface area contributed by atoms with Crippen molar-refractivity contribution in [3.8, 4) is 0 Å². The molecule has 7 heteroatoms.